The zero-order valence-corrected chi connectivity index (χ0v) is 45.7. The quantitative estimate of drug-likeness (QED) is 0.0282. The van der Waals surface area contributed by atoms with Gasteiger partial charge in [-0.1, -0.05) is 0 Å². The lowest BCUT2D eigenvalue weighted by atomic mass is 9.94. The maximum atomic E-state index is 12.7. The van der Waals surface area contributed by atoms with E-state index in [4.69, 9.17) is 62.6 Å². The first-order valence-electron chi connectivity index (χ1n) is 24.9. The topological polar surface area (TPSA) is 728 Å². The average molecular weight is 1320 g/mol. The number of aliphatic hydroxyl groups is 13. The number of hydrogen-bond donors (Lipinski definition) is 17. The number of carbonyl (C=O) groups is 3. The van der Waals surface area contributed by atoms with Crippen LogP contribution in [0.15, 0.2) is 0 Å². The molecule has 47 heteroatoms. The van der Waals surface area contributed by atoms with E-state index in [1.165, 1.54) is 14.2 Å². The normalized spacial score (nSPS) is 44.6. The van der Waals surface area contributed by atoms with Gasteiger partial charge in [0.1, 0.15) is 146 Å². The molecular formula is C39H60N4O40S3-6. The molecule has 0 aromatic rings. The van der Waals surface area contributed by atoms with Crippen LogP contribution >= 0.6 is 0 Å². The minimum Gasteiger partial charge on any atom is -0.735 e. The molecule has 0 aromatic heterocycles. The van der Waals surface area contributed by atoms with Crippen molar-refractivity contribution in [2.45, 2.75) is 190 Å². The van der Waals surface area contributed by atoms with Crippen LogP contribution in [-0.2, 0) is 102 Å². The molecule has 6 heterocycles. The summed E-state index contributed by atoms with van der Waals surface area (Å²) in [6.07, 6.45) is -66.7. The molecule has 500 valence electrons. The fourth-order valence-corrected chi connectivity index (χ4v) is 11.5. The van der Waals surface area contributed by atoms with Crippen molar-refractivity contribution < 1.29 is 192 Å². The van der Waals surface area contributed by atoms with Crippen LogP contribution in [0.5, 0.6) is 0 Å². The van der Waals surface area contributed by atoms with Gasteiger partial charge in [-0.3, -0.25) is 0 Å². The van der Waals surface area contributed by atoms with Crippen molar-refractivity contribution in [3.05, 3.63) is 0 Å². The molecule has 0 radical (unpaired) electrons. The van der Waals surface area contributed by atoms with E-state index in [2.05, 4.69) is 0 Å². The second kappa shape index (κ2) is 29.5. The molecule has 18 N–H and O–H groups in total. The number of aliphatic carboxylic acids is 3. The van der Waals surface area contributed by atoms with Gasteiger partial charge in [0.2, 0.25) is 0 Å². The van der Waals surface area contributed by atoms with Gasteiger partial charge in [0.25, 0.3) is 0 Å². The second-order valence-corrected chi connectivity index (χ2v) is 23.1. The third-order valence-electron chi connectivity index (χ3n) is 13.8. The number of rotatable bonds is 26. The van der Waals surface area contributed by atoms with E-state index in [9.17, 15) is 135 Å². The Bertz CT molecular complexity index is 2620. The Morgan fingerprint density at radius 2 is 0.686 bits per heavy atom. The molecule has 0 unspecified atom stereocenters. The number of carboxylic acids is 3. The van der Waals surface area contributed by atoms with Crippen molar-refractivity contribution in [1.29, 1.82) is 0 Å². The molecule has 6 rings (SSSR count). The van der Waals surface area contributed by atoms with Gasteiger partial charge in [0, 0.05) is 0 Å². The summed E-state index contributed by atoms with van der Waals surface area (Å²) in [5.41, 5.74) is 5.38. The molecule has 6 fully saturated rings. The zero-order valence-electron chi connectivity index (χ0n) is 43.2. The summed E-state index contributed by atoms with van der Waals surface area (Å²) in [7, 11) is -17.3. The fourth-order valence-electron chi connectivity index (χ4n) is 9.73. The Morgan fingerprint density at radius 1 is 0.395 bits per heavy atom. The zero-order chi connectivity index (χ0) is 64.4. The highest BCUT2D eigenvalue weighted by atomic mass is 32.2. The molecule has 30 atom stereocenters. The van der Waals surface area contributed by atoms with Crippen LogP contribution in [0, 0.1) is 0 Å². The highest BCUT2D eigenvalue weighted by Gasteiger charge is 2.59. The van der Waals surface area contributed by atoms with E-state index in [1.807, 2.05) is 0 Å². The van der Waals surface area contributed by atoms with E-state index in [0.717, 1.165) is 0 Å². The summed E-state index contributed by atoms with van der Waals surface area (Å²) >= 11 is 0. The van der Waals surface area contributed by atoms with E-state index in [0.29, 0.717) is 0 Å². The van der Waals surface area contributed by atoms with Crippen LogP contribution in [0.1, 0.15) is 6.42 Å². The lowest BCUT2D eigenvalue weighted by molar-refractivity contribution is -0.393. The SMILES string of the molecule is NCCCO[C@@H]1O[C@@H](C(=O)[O-])[C@@H](O[C@H]2O[C@H](CO)[C@@H](O[C@@H]3O[C@@H](C(=O)[O-])[C@@H](O[C@H]4O[C@H](CO)[C@@H](O[C@@H]5O[C@@H](C(=O)[O-])[C@@H](O[C@H]6O[C@H](CO)[C@@H](O)[C@H](O)[C@H]6NS(=O)(=O)[O-])[C@H](O)[C@H]5O)[C@H](O)[C@H]4NS(=O)(=O)[O-])[C@H](O)[C@H]3O)[C@H](O)[C@H]2NS(=O)(=O)[O-])[C@H](O)[C@H]1O. The number of carboxylic acid groups (broad SMARTS) is 3. The number of ether oxygens (including phenoxy) is 12. The largest absolute Gasteiger partial charge is 0.735 e. The maximum absolute atomic E-state index is 12.7. The van der Waals surface area contributed by atoms with E-state index in [-0.39, 0.29) is 19.6 Å². The molecule has 0 aromatic carbocycles. The van der Waals surface area contributed by atoms with Crippen LogP contribution in [0.2, 0.25) is 0 Å². The molecule has 0 aliphatic carbocycles. The summed E-state index contributed by atoms with van der Waals surface area (Å²) in [6, 6.07) is -7.57. The van der Waals surface area contributed by atoms with Crippen molar-refractivity contribution >= 4 is 48.8 Å². The fraction of sp³-hybridized carbons (Fsp3) is 0.923. The summed E-state index contributed by atoms with van der Waals surface area (Å²) in [5, 5.41) is 178. The molecule has 6 saturated heterocycles. The second-order valence-electron chi connectivity index (χ2n) is 19.6. The molecule has 0 spiro atoms. The highest BCUT2D eigenvalue weighted by molar-refractivity contribution is 7.84. The van der Waals surface area contributed by atoms with Gasteiger partial charge in [-0.05, 0) is 13.0 Å². The average Bonchev–Trinajstić information content (AvgIpc) is 1.14. The van der Waals surface area contributed by atoms with Crippen molar-refractivity contribution in [1.82, 2.24) is 14.2 Å². The van der Waals surface area contributed by atoms with Crippen LogP contribution in [0.25, 0.3) is 0 Å². The predicted molar refractivity (Wildman–Crippen MR) is 242 cm³/mol. The van der Waals surface area contributed by atoms with Crippen LogP contribution in [0.4, 0.5) is 0 Å². The van der Waals surface area contributed by atoms with Crippen molar-refractivity contribution in [2.24, 2.45) is 5.73 Å². The van der Waals surface area contributed by atoms with E-state index >= 15 is 0 Å². The number of hydrogen-bond acceptors (Lipinski definition) is 41. The molecule has 0 amide bonds. The van der Waals surface area contributed by atoms with Crippen LogP contribution < -0.4 is 35.2 Å². The van der Waals surface area contributed by atoms with Gasteiger partial charge in [0.05, 0.1) is 44.3 Å². The smallest absolute Gasteiger partial charge is 0.187 e. The molecule has 44 nitrogen and oxygen atoms in total. The first-order valence-corrected chi connectivity index (χ1v) is 29.2. The molecule has 0 saturated carbocycles. The monoisotopic (exact) mass is 1320 g/mol. The van der Waals surface area contributed by atoms with Gasteiger partial charge >= 0.3 is 0 Å². The molecule has 0 bridgehead atoms. The van der Waals surface area contributed by atoms with Crippen LogP contribution in [-0.4, -0.2) is 340 Å². The maximum Gasteiger partial charge on any atom is 0.187 e. The minimum absolute atomic E-state index is 0.0521. The third-order valence-corrected chi connectivity index (χ3v) is 15.5. The number of nitrogens with two attached hydrogens (primary N) is 1. The van der Waals surface area contributed by atoms with Crippen molar-refractivity contribution in [3.63, 3.8) is 0 Å². The summed E-state index contributed by atoms with van der Waals surface area (Å²) in [4.78, 5) is 37.3. The van der Waals surface area contributed by atoms with E-state index in [1.54, 1.807) is 0 Å². The Balaban J connectivity index is 1.20. The summed E-state index contributed by atoms with van der Waals surface area (Å²) in [5.74, 6) is -6.98. The van der Waals surface area contributed by atoms with Crippen molar-refractivity contribution in [3.8, 4) is 0 Å². The third kappa shape index (κ3) is 16.9. The van der Waals surface area contributed by atoms with E-state index < -0.39 is 253 Å². The standard InChI is InChI=1S/C39H66N4O40S3/c40-2-1-3-72-37-20(54)17(51)25(28(81-37)31(57)58)79-35-11(42-85(66,67)68)15(49)23(8(5-45)74-35)77-39-22(56)19(53)27(30(83-39)33(61)62)80-36-12(43-86(69,70)71)16(50)24(9(6-46)75-36)76-38-21(55)18(52)26(29(82-38)32(59)60)78-34-10(41-84(63,64)65)14(48)13(47)7(4-44)73-34/h7-30,34-39,41-56H,1-6,40H2,(H,57,58)(H,59,60)(H,61,62)(H,63,64,65)(H,66,67,68)(H,69,70,71)/p-6/t7-,8-,9-,10-,11-,12-,13-,14-,15-,16-,17-,18-,19-,20-,21-,22-,23-,24-,25+,26+,27+,28-,29-,30-,34-,35-,36-,37-,38-,39-/m1/s1. The summed E-state index contributed by atoms with van der Waals surface area (Å²) < 4.78 is 175. The van der Waals surface area contributed by atoms with Gasteiger partial charge in [-0.15, -0.1) is 0 Å². The first-order chi connectivity index (χ1) is 40.0. The Kier molecular flexibility index (Phi) is 24.7. The number of nitrogens with one attached hydrogen (secondary N) is 3. The molecule has 6 aliphatic heterocycles. The Labute approximate surface area is 482 Å². The lowest BCUT2D eigenvalue weighted by Crippen LogP contribution is -2.71. The van der Waals surface area contributed by atoms with Gasteiger partial charge < -0.3 is 172 Å². The molecule has 86 heavy (non-hydrogen) atoms. The Hall–Kier alpha value is -3.02. The summed E-state index contributed by atoms with van der Waals surface area (Å²) in [6.45, 7) is -4.17. The molecule has 6 aliphatic rings. The van der Waals surface area contributed by atoms with Gasteiger partial charge in [0.15, 0.2) is 68.7 Å². The Morgan fingerprint density at radius 3 is 0.988 bits per heavy atom. The van der Waals surface area contributed by atoms with Crippen LogP contribution in [0.3, 0.4) is 0 Å². The number of aliphatic hydroxyl groups excluding tert-OH is 13. The van der Waals surface area contributed by atoms with Gasteiger partial charge in [-0.2, -0.15) is 0 Å². The first kappa shape index (κ1) is 72.0. The lowest BCUT2D eigenvalue weighted by Gasteiger charge is -2.51. The van der Waals surface area contributed by atoms with Gasteiger partial charge in [-0.25, -0.2) is 39.4 Å². The number of carbonyl (C=O) groups excluding carboxylic acids is 3. The minimum atomic E-state index is -5.91. The predicted octanol–water partition coefficient (Wildman–Crippen LogP) is -20.3. The van der Waals surface area contributed by atoms with Crippen molar-refractivity contribution in [2.75, 3.05) is 33.0 Å². The highest BCUT2D eigenvalue weighted by Crippen LogP contribution is 2.37. The molecular weight excluding hydrogens is 1260 g/mol.